The van der Waals surface area contributed by atoms with Gasteiger partial charge in [0.25, 0.3) is 5.69 Å². The molecule has 1 aromatic rings. The van der Waals surface area contributed by atoms with Gasteiger partial charge in [0, 0.05) is 12.1 Å². The van der Waals surface area contributed by atoms with Crippen LogP contribution in [-0.4, -0.2) is 16.7 Å². The van der Waals surface area contributed by atoms with E-state index in [0.29, 0.717) is 23.7 Å². The number of imide groups is 1. The first-order chi connectivity index (χ1) is 11.5. The number of carbonyl (C=O) groups excluding carboxylic acids is 2. The number of hydrogen-bond acceptors (Lipinski definition) is 4. The van der Waals surface area contributed by atoms with Gasteiger partial charge in [-0.15, -0.1) is 0 Å². The first kappa shape index (κ1) is 14.4. The first-order valence-electron chi connectivity index (χ1n) is 8.31. The van der Waals surface area contributed by atoms with Gasteiger partial charge in [-0.25, -0.2) is 4.90 Å². The van der Waals surface area contributed by atoms with Gasteiger partial charge >= 0.3 is 0 Å². The molecule has 5 aliphatic rings. The molecule has 5 fully saturated rings. The van der Waals surface area contributed by atoms with Gasteiger partial charge in [-0.2, -0.15) is 0 Å². The minimum absolute atomic E-state index is 0.0713. The molecule has 24 heavy (non-hydrogen) atoms. The number of nitrogens with zero attached hydrogens (tertiary/aromatic N) is 2. The minimum atomic E-state index is -0.545. The fourth-order valence-corrected chi connectivity index (χ4v) is 5.83. The van der Waals surface area contributed by atoms with Gasteiger partial charge in [-0.3, -0.25) is 19.7 Å². The van der Waals surface area contributed by atoms with Gasteiger partial charge in [-0.1, -0.05) is 11.6 Å². The monoisotopic (exact) mass is 346 g/mol. The number of nitro benzene ring substituents is 1. The highest BCUT2D eigenvalue weighted by molar-refractivity contribution is 6.36. The van der Waals surface area contributed by atoms with Crippen molar-refractivity contribution < 1.29 is 14.5 Å². The van der Waals surface area contributed by atoms with Gasteiger partial charge < -0.3 is 0 Å². The molecule has 124 valence electrons. The molecule has 2 amide bonds. The molecule has 1 heterocycles. The summed E-state index contributed by atoms with van der Waals surface area (Å²) in [5.41, 5.74) is 0.126. The fourth-order valence-electron chi connectivity index (χ4n) is 5.57. The van der Waals surface area contributed by atoms with Gasteiger partial charge in [0.15, 0.2) is 0 Å². The highest BCUT2D eigenvalue weighted by Crippen LogP contribution is 2.68. The second-order valence-corrected chi connectivity index (χ2v) is 7.83. The summed E-state index contributed by atoms with van der Waals surface area (Å²) in [6, 6.07) is 3.90. The quantitative estimate of drug-likeness (QED) is 0.468. The summed E-state index contributed by atoms with van der Waals surface area (Å²) in [5, 5.41) is 10.9. The summed E-state index contributed by atoms with van der Waals surface area (Å²) >= 11 is 6.16. The standard InChI is InChI=1S/C17H15ClN2O4/c18-12-5-7(20(23)24)1-4-13(12)19-16(21)14-8-2-3-9(11-6-10(8)11)15(14)17(19)22/h1,4-5,8-11,14-15H,2-3,6H2. The summed E-state index contributed by atoms with van der Waals surface area (Å²) in [6.07, 6.45) is 3.24. The van der Waals surface area contributed by atoms with E-state index >= 15 is 0 Å². The Morgan fingerprint density at radius 3 is 2.12 bits per heavy atom. The summed E-state index contributed by atoms with van der Waals surface area (Å²) in [5.74, 6) is 1.12. The Morgan fingerprint density at radius 1 is 1.04 bits per heavy atom. The number of nitro groups is 1. The van der Waals surface area contributed by atoms with E-state index in [1.165, 1.54) is 29.5 Å². The maximum absolute atomic E-state index is 13.0. The van der Waals surface area contributed by atoms with Gasteiger partial charge in [0.1, 0.15) is 0 Å². The van der Waals surface area contributed by atoms with Crippen molar-refractivity contribution in [1.29, 1.82) is 0 Å². The van der Waals surface area contributed by atoms with Crippen LogP contribution in [0.15, 0.2) is 18.2 Å². The molecule has 7 heteroatoms. The molecule has 0 N–H and O–H groups in total. The van der Waals surface area contributed by atoms with Crippen LogP contribution >= 0.6 is 11.6 Å². The SMILES string of the molecule is O=C1C2C3CCC(C4CC43)C2C(=O)N1c1ccc([N+](=O)[O-])cc1Cl. The number of fused-ring (bicyclic) bond motifs is 1. The number of non-ortho nitro benzene ring substituents is 1. The Hall–Kier alpha value is -1.95. The van der Waals surface area contributed by atoms with E-state index in [9.17, 15) is 19.7 Å². The average molecular weight is 347 g/mol. The molecule has 4 aliphatic carbocycles. The van der Waals surface area contributed by atoms with Crippen LogP contribution in [0, 0.1) is 45.6 Å². The average Bonchev–Trinajstić information content (AvgIpc) is 3.33. The smallest absolute Gasteiger partial charge is 0.271 e. The van der Waals surface area contributed by atoms with Crippen molar-refractivity contribution in [3.8, 4) is 0 Å². The van der Waals surface area contributed by atoms with E-state index in [4.69, 9.17) is 11.6 Å². The molecule has 2 bridgehead atoms. The van der Waals surface area contributed by atoms with Crippen LogP contribution in [0.3, 0.4) is 0 Å². The van der Waals surface area contributed by atoms with Crippen molar-refractivity contribution in [3.63, 3.8) is 0 Å². The van der Waals surface area contributed by atoms with Crippen molar-refractivity contribution in [2.45, 2.75) is 19.3 Å². The normalized spacial score (nSPS) is 39.0. The van der Waals surface area contributed by atoms with Crippen molar-refractivity contribution in [1.82, 2.24) is 0 Å². The van der Waals surface area contributed by atoms with Crippen molar-refractivity contribution in [3.05, 3.63) is 33.3 Å². The summed E-state index contributed by atoms with van der Waals surface area (Å²) in [4.78, 5) is 37.5. The number of carbonyl (C=O) groups is 2. The van der Waals surface area contributed by atoms with Crippen LogP contribution in [0.4, 0.5) is 11.4 Å². The number of halogens is 1. The topological polar surface area (TPSA) is 80.5 Å². The lowest BCUT2D eigenvalue weighted by Crippen LogP contribution is -2.43. The van der Waals surface area contributed by atoms with E-state index in [0.717, 1.165) is 12.8 Å². The Kier molecular flexibility index (Phi) is 2.74. The largest absolute Gasteiger partial charge is 0.274 e. The molecule has 6 rings (SSSR count). The number of rotatable bonds is 2. The Balaban J connectivity index is 1.55. The van der Waals surface area contributed by atoms with Crippen LogP contribution in [0.1, 0.15) is 19.3 Å². The highest BCUT2D eigenvalue weighted by atomic mass is 35.5. The Morgan fingerprint density at radius 2 is 1.62 bits per heavy atom. The third-order valence-corrected chi connectivity index (χ3v) is 6.83. The van der Waals surface area contributed by atoms with E-state index in [-0.39, 0.29) is 40.0 Å². The molecular formula is C17H15ClN2O4. The third kappa shape index (κ3) is 1.67. The summed E-state index contributed by atoms with van der Waals surface area (Å²) in [7, 11) is 0. The number of benzene rings is 1. The number of anilines is 1. The van der Waals surface area contributed by atoms with Crippen LogP contribution in [0.5, 0.6) is 0 Å². The first-order valence-corrected chi connectivity index (χ1v) is 8.68. The van der Waals surface area contributed by atoms with Crippen molar-refractivity contribution in [2.75, 3.05) is 4.90 Å². The van der Waals surface area contributed by atoms with Gasteiger partial charge in [-0.05, 0) is 49.0 Å². The molecular weight excluding hydrogens is 332 g/mol. The molecule has 4 saturated carbocycles. The number of hydrogen-bond donors (Lipinski definition) is 0. The third-order valence-electron chi connectivity index (χ3n) is 6.53. The molecule has 0 radical (unpaired) electrons. The lowest BCUT2D eigenvalue weighted by Gasteiger charge is -2.42. The van der Waals surface area contributed by atoms with E-state index in [2.05, 4.69) is 0 Å². The zero-order valence-electron chi connectivity index (χ0n) is 12.7. The van der Waals surface area contributed by atoms with Gasteiger partial charge in [0.05, 0.1) is 27.5 Å². The molecule has 6 atom stereocenters. The second-order valence-electron chi connectivity index (χ2n) is 7.42. The molecule has 0 aromatic heterocycles. The number of amides is 2. The van der Waals surface area contributed by atoms with Crippen LogP contribution < -0.4 is 4.90 Å². The summed E-state index contributed by atoms with van der Waals surface area (Å²) < 4.78 is 0. The van der Waals surface area contributed by atoms with Crippen molar-refractivity contribution >= 4 is 34.8 Å². The molecule has 1 aromatic carbocycles. The van der Waals surface area contributed by atoms with E-state index in [1.54, 1.807) is 0 Å². The predicted molar refractivity (Wildman–Crippen MR) is 85.4 cm³/mol. The predicted octanol–water partition coefficient (Wildman–Crippen LogP) is 3.03. The zero-order valence-corrected chi connectivity index (χ0v) is 13.5. The second kappa shape index (κ2) is 4.57. The molecule has 6 nitrogen and oxygen atoms in total. The lowest BCUT2D eigenvalue weighted by atomic mass is 9.59. The van der Waals surface area contributed by atoms with E-state index < -0.39 is 4.92 Å². The highest BCUT2D eigenvalue weighted by Gasteiger charge is 2.68. The maximum atomic E-state index is 13.0. The van der Waals surface area contributed by atoms with Gasteiger partial charge in [0.2, 0.25) is 11.8 Å². The zero-order chi connectivity index (χ0) is 16.7. The van der Waals surface area contributed by atoms with Crippen molar-refractivity contribution in [2.24, 2.45) is 35.5 Å². The minimum Gasteiger partial charge on any atom is -0.274 e. The molecule has 1 aliphatic heterocycles. The van der Waals surface area contributed by atoms with Crippen LogP contribution in [-0.2, 0) is 9.59 Å². The van der Waals surface area contributed by atoms with E-state index in [1.807, 2.05) is 0 Å². The lowest BCUT2D eigenvalue weighted by molar-refractivity contribution is -0.384. The summed E-state index contributed by atoms with van der Waals surface area (Å²) in [6.45, 7) is 0. The maximum Gasteiger partial charge on any atom is 0.271 e. The fraction of sp³-hybridized carbons (Fsp3) is 0.529. The molecule has 1 saturated heterocycles. The Bertz CT molecular complexity index is 776. The van der Waals surface area contributed by atoms with Crippen LogP contribution in [0.2, 0.25) is 5.02 Å². The Labute approximate surface area is 142 Å². The van der Waals surface area contributed by atoms with Crippen LogP contribution in [0.25, 0.3) is 0 Å². The molecule has 6 unspecified atom stereocenters. The molecule has 0 spiro atoms.